The average Bonchev–Trinajstić information content (AvgIpc) is 2.86. The third-order valence-corrected chi connectivity index (χ3v) is 3.28. The second-order valence-corrected chi connectivity index (χ2v) is 4.50. The van der Waals surface area contributed by atoms with Crippen LogP contribution in [0.25, 0.3) is 0 Å². The third kappa shape index (κ3) is 2.55. The van der Waals surface area contributed by atoms with Crippen molar-refractivity contribution in [1.29, 1.82) is 0 Å². The lowest BCUT2D eigenvalue weighted by Crippen LogP contribution is -2.30. The van der Waals surface area contributed by atoms with Crippen LogP contribution in [0.3, 0.4) is 0 Å². The molecule has 1 aliphatic rings. The van der Waals surface area contributed by atoms with Gasteiger partial charge in [0.2, 0.25) is 0 Å². The zero-order valence-electron chi connectivity index (χ0n) is 10.0. The fourth-order valence-electron chi connectivity index (χ4n) is 1.95. The Morgan fingerprint density at radius 3 is 3.06 bits per heavy atom. The van der Waals surface area contributed by atoms with Crippen molar-refractivity contribution >= 4 is 23.3 Å². The number of methoxy groups -OCH3 is 1. The van der Waals surface area contributed by atoms with Gasteiger partial charge in [-0.15, -0.1) is 0 Å². The molecule has 1 aromatic rings. The zero-order chi connectivity index (χ0) is 13.1. The van der Waals surface area contributed by atoms with Crippen LogP contribution in [0.1, 0.15) is 16.8 Å². The Kier molecular flexibility index (Phi) is 4.00. The Balaban J connectivity index is 2.12. The molecule has 3 N–H and O–H groups in total. The van der Waals surface area contributed by atoms with Gasteiger partial charge < -0.3 is 15.1 Å². The Hall–Kier alpha value is -1.37. The van der Waals surface area contributed by atoms with Crippen molar-refractivity contribution in [3.8, 4) is 0 Å². The summed E-state index contributed by atoms with van der Waals surface area (Å²) in [6, 6.07) is 1.56. The van der Waals surface area contributed by atoms with E-state index >= 15 is 0 Å². The molecule has 0 bridgehead atoms. The van der Waals surface area contributed by atoms with Crippen molar-refractivity contribution in [2.45, 2.75) is 12.5 Å². The number of hydrogen-bond acceptors (Lipinski definition) is 5. The first-order valence-corrected chi connectivity index (χ1v) is 5.97. The Bertz CT molecular complexity index is 455. The minimum atomic E-state index is -0.0903. The normalized spacial score (nSPS) is 19.1. The van der Waals surface area contributed by atoms with Gasteiger partial charge in [0.25, 0.3) is 5.91 Å². The fraction of sp³-hybridized carbons (Fsp3) is 0.455. The van der Waals surface area contributed by atoms with Crippen LogP contribution in [0.5, 0.6) is 0 Å². The van der Waals surface area contributed by atoms with Crippen molar-refractivity contribution < 1.29 is 9.53 Å². The predicted molar refractivity (Wildman–Crippen MR) is 68.4 cm³/mol. The van der Waals surface area contributed by atoms with Crippen LogP contribution >= 0.6 is 11.6 Å². The number of likely N-dealkylation sites (tertiary alicyclic amines) is 1. The van der Waals surface area contributed by atoms with Crippen LogP contribution in [-0.4, -0.2) is 42.1 Å². The molecule has 6 nitrogen and oxygen atoms in total. The maximum absolute atomic E-state index is 12.2. The number of ether oxygens (including phenoxy) is 1. The number of amides is 1. The van der Waals surface area contributed by atoms with Gasteiger partial charge in [0.15, 0.2) is 5.82 Å². The predicted octanol–water partition coefficient (Wildman–Crippen LogP) is 0.882. The van der Waals surface area contributed by atoms with Crippen LogP contribution in [-0.2, 0) is 4.74 Å². The van der Waals surface area contributed by atoms with Gasteiger partial charge >= 0.3 is 0 Å². The van der Waals surface area contributed by atoms with Gasteiger partial charge in [0, 0.05) is 26.4 Å². The topological polar surface area (TPSA) is 80.5 Å². The highest BCUT2D eigenvalue weighted by atomic mass is 35.5. The van der Waals surface area contributed by atoms with Gasteiger partial charge in [-0.05, 0) is 12.5 Å². The molecule has 2 rings (SSSR count). The standard InChI is InChI=1S/C11H15ClN4O2/c1-18-8-2-3-16(6-8)11(17)7-4-9(12)10(15-13)14-5-7/h4-5,8H,2-3,6,13H2,1H3,(H,14,15). The smallest absolute Gasteiger partial charge is 0.255 e. The SMILES string of the molecule is COC1CCN(C(=O)c2cnc(NN)c(Cl)c2)C1. The van der Waals surface area contributed by atoms with E-state index in [2.05, 4.69) is 10.4 Å². The Morgan fingerprint density at radius 2 is 2.50 bits per heavy atom. The van der Waals surface area contributed by atoms with Crippen molar-refractivity contribution in [2.24, 2.45) is 5.84 Å². The number of nitrogen functional groups attached to an aromatic ring is 1. The highest BCUT2D eigenvalue weighted by molar-refractivity contribution is 6.33. The summed E-state index contributed by atoms with van der Waals surface area (Å²) in [5.41, 5.74) is 2.81. The van der Waals surface area contributed by atoms with Crippen LogP contribution in [0.4, 0.5) is 5.82 Å². The monoisotopic (exact) mass is 270 g/mol. The van der Waals surface area contributed by atoms with E-state index in [0.717, 1.165) is 6.42 Å². The van der Waals surface area contributed by atoms with Crippen LogP contribution in [0.2, 0.25) is 5.02 Å². The van der Waals surface area contributed by atoms with Crippen molar-refractivity contribution in [1.82, 2.24) is 9.88 Å². The number of nitrogens with two attached hydrogens (primary N) is 1. The maximum Gasteiger partial charge on any atom is 0.255 e. The van der Waals surface area contributed by atoms with Crippen molar-refractivity contribution in [3.63, 3.8) is 0 Å². The number of pyridine rings is 1. The number of nitrogens with one attached hydrogen (secondary N) is 1. The molecule has 0 radical (unpaired) electrons. The lowest BCUT2D eigenvalue weighted by atomic mass is 10.2. The molecule has 2 heterocycles. The molecule has 1 aromatic heterocycles. The number of nitrogens with zero attached hydrogens (tertiary/aromatic N) is 2. The number of hydrogen-bond donors (Lipinski definition) is 2. The van der Waals surface area contributed by atoms with Gasteiger partial charge in [0.1, 0.15) is 0 Å². The Morgan fingerprint density at radius 1 is 1.72 bits per heavy atom. The van der Waals surface area contributed by atoms with Crippen LogP contribution in [0.15, 0.2) is 12.3 Å². The van der Waals surface area contributed by atoms with Crippen LogP contribution in [0, 0.1) is 0 Å². The first-order chi connectivity index (χ1) is 8.65. The molecule has 1 amide bonds. The Labute approximate surface area is 110 Å². The van der Waals surface area contributed by atoms with Gasteiger partial charge in [-0.2, -0.15) is 0 Å². The fourth-order valence-corrected chi connectivity index (χ4v) is 2.17. The molecular formula is C11H15ClN4O2. The molecule has 1 aliphatic heterocycles. The molecule has 1 unspecified atom stereocenters. The number of halogens is 1. The highest BCUT2D eigenvalue weighted by Crippen LogP contribution is 2.21. The first-order valence-electron chi connectivity index (χ1n) is 5.60. The number of carbonyl (C=O) groups excluding carboxylic acids is 1. The molecule has 7 heteroatoms. The van der Waals surface area contributed by atoms with Crippen LogP contribution < -0.4 is 11.3 Å². The maximum atomic E-state index is 12.2. The zero-order valence-corrected chi connectivity index (χ0v) is 10.8. The van der Waals surface area contributed by atoms with E-state index in [-0.39, 0.29) is 12.0 Å². The minimum Gasteiger partial charge on any atom is -0.380 e. The first kappa shape index (κ1) is 13.1. The summed E-state index contributed by atoms with van der Waals surface area (Å²) in [5.74, 6) is 5.49. The summed E-state index contributed by atoms with van der Waals surface area (Å²) in [6.45, 7) is 1.29. The molecule has 1 atom stereocenters. The summed E-state index contributed by atoms with van der Waals surface area (Å²) in [6.07, 6.45) is 2.43. The van der Waals surface area contributed by atoms with E-state index in [4.69, 9.17) is 22.2 Å². The second kappa shape index (κ2) is 5.51. The summed E-state index contributed by atoms with van der Waals surface area (Å²) in [5, 5.41) is 0.325. The molecule has 1 fully saturated rings. The number of carbonyl (C=O) groups is 1. The molecular weight excluding hydrogens is 256 g/mol. The average molecular weight is 271 g/mol. The lowest BCUT2D eigenvalue weighted by Gasteiger charge is -2.16. The quantitative estimate of drug-likeness (QED) is 0.630. The van der Waals surface area contributed by atoms with E-state index in [1.807, 2.05) is 0 Å². The summed E-state index contributed by atoms with van der Waals surface area (Å²) in [4.78, 5) is 17.9. The van der Waals surface area contributed by atoms with Gasteiger partial charge in [-0.25, -0.2) is 10.8 Å². The molecule has 18 heavy (non-hydrogen) atoms. The molecule has 0 spiro atoms. The molecule has 1 saturated heterocycles. The second-order valence-electron chi connectivity index (χ2n) is 4.10. The molecule has 0 aromatic carbocycles. The summed E-state index contributed by atoms with van der Waals surface area (Å²) < 4.78 is 5.23. The van der Waals surface area contributed by atoms with Crippen molar-refractivity contribution in [3.05, 3.63) is 22.8 Å². The summed E-state index contributed by atoms with van der Waals surface area (Å²) in [7, 11) is 1.65. The van der Waals surface area contributed by atoms with Gasteiger partial charge in [-0.1, -0.05) is 11.6 Å². The largest absolute Gasteiger partial charge is 0.380 e. The molecule has 98 valence electrons. The van der Waals surface area contributed by atoms with E-state index in [0.29, 0.717) is 29.5 Å². The minimum absolute atomic E-state index is 0.0903. The van der Waals surface area contributed by atoms with Gasteiger partial charge in [0.05, 0.1) is 16.7 Å². The highest BCUT2D eigenvalue weighted by Gasteiger charge is 2.27. The van der Waals surface area contributed by atoms with E-state index in [1.54, 1.807) is 18.1 Å². The summed E-state index contributed by atoms with van der Waals surface area (Å²) >= 11 is 5.94. The van der Waals surface area contributed by atoms with Crippen molar-refractivity contribution in [2.75, 3.05) is 25.6 Å². The number of aromatic nitrogens is 1. The number of anilines is 1. The van der Waals surface area contributed by atoms with E-state index in [9.17, 15) is 4.79 Å². The molecule has 0 saturated carbocycles. The lowest BCUT2D eigenvalue weighted by molar-refractivity contribution is 0.0724. The third-order valence-electron chi connectivity index (χ3n) is 2.99. The number of hydrazine groups is 1. The van der Waals surface area contributed by atoms with E-state index < -0.39 is 0 Å². The number of rotatable bonds is 3. The molecule has 0 aliphatic carbocycles. The van der Waals surface area contributed by atoms with Gasteiger partial charge in [-0.3, -0.25) is 4.79 Å². The van der Waals surface area contributed by atoms with E-state index in [1.165, 1.54) is 6.20 Å².